The van der Waals surface area contributed by atoms with Gasteiger partial charge in [-0.15, -0.1) is 23.7 Å². The van der Waals surface area contributed by atoms with E-state index in [2.05, 4.69) is 25.9 Å². The summed E-state index contributed by atoms with van der Waals surface area (Å²) < 4.78 is 65.1. The molecule has 0 spiro atoms. The molecule has 0 aliphatic carbocycles. The summed E-state index contributed by atoms with van der Waals surface area (Å²) in [4.78, 5) is 16.3. The highest BCUT2D eigenvalue weighted by atomic mass is 32.1. The van der Waals surface area contributed by atoms with E-state index in [0.29, 0.717) is 15.9 Å². The molecule has 12 heteroatoms. The molecule has 0 N–H and O–H groups in total. The molecular weight excluding hydrogens is 464 g/mol. The number of hydrogen-bond acceptors (Lipinski definition) is 7. The zero-order chi connectivity index (χ0) is 24.2. The molecule has 172 valence electrons. The first-order chi connectivity index (χ1) is 15.7. The van der Waals surface area contributed by atoms with Crippen molar-refractivity contribution in [3.63, 3.8) is 0 Å². The van der Waals surface area contributed by atoms with Crippen LogP contribution in [0.4, 0.5) is 17.6 Å². The maximum Gasteiger partial charge on any atom is 0.434 e. The Kier molecular flexibility index (Phi) is 7.13. The van der Waals surface area contributed by atoms with E-state index in [9.17, 15) is 22.4 Å². The molecule has 0 aliphatic heterocycles. The van der Waals surface area contributed by atoms with Gasteiger partial charge in [-0.2, -0.15) is 18.3 Å². The molecule has 0 radical (unpaired) electrons. The number of ether oxygens (including phenoxy) is 1. The number of aromatic nitrogens is 4. The standard InChI is InChI=1S/C21H16F4N4O3S/c1-4-5-7-13(8-6-9-22)15-11-33-20(27-15)29-18(21(23,24)25)14(10-26-29)17-16(19(30)31-3)12(2)28-32-17/h1,6-8,10-11H,5,9H2,2-3H3/b8-6-,13-7+. The van der Waals surface area contributed by atoms with Crippen LogP contribution in [0.3, 0.4) is 0 Å². The number of carbonyl (C=O) groups is 1. The molecule has 0 bridgehead atoms. The van der Waals surface area contributed by atoms with Crippen molar-refractivity contribution in [1.29, 1.82) is 0 Å². The van der Waals surface area contributed by atoms with Crippen LogP contribution in [0.2, 0.25) is 0 Å². The molecule has 0 fully saturated rings. The number of rotatable bonds is 7. The predicted molar refractivity (Wildman–Crippen MR) is 112 cm³/mol. The van der Waals surface area contributed by atoms with Crippen LogP contribution in [0.15, 0.2) is 34.3 Å². The molecule has 0 amide bonds. The third-order valence-electron chi connectivity index (χ3n) is 4.33. The number of methoxy groups -OCH3 is 1. The van der Waals surface area contributed by atoms with Gasteiger partial charge in [0.15, 0.2) is 11.5 Å². The normalized spacial score (nSPS) is 12.3. The molecule has 7 nitrogen and oxygen atoms in total. The number of carbonyl (C=O) groups excluding carboxylic acids is 1. The second-order valence-electron chi connectivity index (χ2n) is 6.42. The van der Waals surface area contributed by atoms with Gasteiger partial charge in [-0.1, -0.05) is 23.4 Å². The van der Waals surface area contributed by atoms with Crippen LogP contribution in [0.5, 0.6) is 0 Å². The molecule has 0 aromatic carbocycles. The lowest BCUT2D eigenvalue weighted by Gasteiger charge is -2.10. The van der Waals surface area contributed by atoms with Crippen LogP contribution in [0.25, 0.3) is 22.0 Å². The van der Waals surface area contributed by atoms with Gasteiger partial charge in [0.1, 0.15) is 12.2 Å². The minimum atomic E-state index is -4.89. The molecule has 0 saturated heterocycles. The molecule has 0 unspecified atom stereocenters. The van der Waals surface area contributed by atoms with E-state index in [0.717, 1.165) is 24.6 Å². The van der Waals surface area contributed by atoms with Crippen molar-refractivity contribution >= 4 is 22.9 Å². The van der Waals surface area contributed by atoms with Crippen LogP contribution in [0.1, 0.15) is 33.9 Å². The highest BCUT2D eigenvalue weighted by Crippen LogP contribution is 2.40. The van der Waals surface area contributed by atoms with Crippen LogP contribution in [-0.4, -0.2) is 39.7 Å². The molecule has 0 saturated carbocycles. The molecule has 0 aliphatic rings. The zero-order valence-electron chi connectivity index (χ0n) is 17.3. The van der Waals surface area contributed by atoms with E-state index in [4.69, 9.17) is 10.9 Å². The van der Waals surface area contributed by atoms with Crippen molar-refractivity contribution in [2.24, 2.45) is 0 Å². The summed E-state index contributed by atoms with van der Waals surface area (Å²) in [7, 11) is 1.09. The van der Waals surface area contributed by atoms with Gasteiger partial charge in [0, 0.05) is 11.8 Å². The van der Waals surface area contributed by atoms with E-state index in [1.165, 1.54) is 24.5 Å². The topological polar surface area (TPSA) is 83.0 Å². The minimum absolute atomic E-state index is 0.0669. The summed E-state index contributed by atoms with van der Waals surface area (Å²) in [6.45, 7) is 0.670. The summed E-state index contributed by atoms with van der Waals surface area (Å²) in [6.07, 6.45) is 5.77. The van der Waals surface area contributed by atoms with E-state index in [1.807, 2.05) is 0 Å². The Morgan fingerprint density at radius 1 is 1.42 bits per heavy atom. The summed E-state index contributed by atoms with van der Waals surface area (Å²) in [5, 5.41) is 8.82. The third-order valence-corrected chi connectivity index (χ3v) is 5.15. The maximum atomic E-state index is 14.1. The van der Waals surface area contributed by atoms with Gasteiger partial charge in [-0.3, -0.25) is 0 Å². The summed E-state index contributed by atoms with van der Waals surface area (Å²) >= 11 is 0.888. The number of thiazole rings is 1. The van der Waals surface area contributed by atoms with E-state index in [1.54, 1.807) is 6.08 Å². The maximum absolute atomic E-state index is 14.1. The van der Waals surface area contributed by atoms with Crippen molar-refractivity contribution < 1.29 is 31.6 Å². The van der Waals surface area contributed by atoms with Crippen LogP contribution in [-0.2, 0) is 10.9 Å². The zero-order valence-corrected chi connectivity index (χ0v) is 18.1. The summed E-state index contributed by atoms with van der Waals surface area (Å²) in [6, 6.07) is 0. The highest BCUT2D eigenvalue weighted by Gasteiger charge is 2.42. The van der Waals surface area contributed by atoms with Crippen molar-refractivity contribution in [2.45, 2.75) is 19.5 Å². The molecule has 0 atom stereocenters. The third kappa shape index (κ3) is 4.88. The largest absolute Gasteiger partial charge is 0.465 e. The fourth-order valence-corrected chi connectivity index (χ4v) is 3.72. The Hall–Kier alpha value is -3.72. The van der Waals surface area contributed by atoms with Gasteiger partial charge in [0.25, 0.3) is 0 Å². The quantitative estimate of drug-likeness (QED) is 0.204. The van der Waals surface area contributed by atoms with Crippen molar-refractivity contribution in [1.82, 2.24) is 19.9 Å². The number of halogens is 4. The summed E-state index contributed by atoms with van der Waals surface area (Å²) in [5.41, 5.74) is -1.13. The monoisotopic (exact) mass is 480 g/mol. The molecule has 3 rings (SSSR count). The van der Waals surface area contributed by atoms with Gasteiger partial charge in [-0.05, 0) is 12.5 Å². The minimum Gasteiger partial charge on any atom is -0.465 e. The molecule has 33 heavy (non-hydrogen) atoms. The average molecular weight is 480 g/mol. The first-order valence-electron chi connectivity index (χ1n) is 9.25. The fourth-order valence-electron chi connectivity index (χ4n) is 2.92. The van der Waals surface area contributed by atoms with E-state index < -0.39 is 35.8 Å². The van der Waals surface area contributed by atoms with Gasteiger partial charge >= 0.3 is 12.1 Å². The number of alkyl halides is 4. The lowest BCUT2D eigenvalue weighted by atomic mass is 10.1. The van der Waals surface area contributed by atoms with E-state index in [-0.39, 0.29) is 22.8 Å². The smallest absolute Gasteiger partial charge is 0.434 e. The first-order valence-corrected chi connectivity index (χ1v) is 10.1. The Morgan fingerprint density at radius 3 is 2.82 bits per heavy atom. The van der Waals surface area contributed by atoms with Crippen LogP contribution >= 0.6 is 11.3 Å². The Balaban J connectivity index is 2.15. The molecule has 3 aromatic rings. The van der Waals surface area contributed by atoms with Gasteiger partial charge < -0.3 is 9.26 Å². The number of nitrogens with zero attached hydrogens (tertiary/aromatic N) is 4. The van der Waals surface area contributed by atoms with Crippen molar-refractivity contribution in [3.8, 4) is 28.8 Å². The fraction of sp³-hybridized carbons (Fsp3) is 0.238. The average Bonchev–Trinajstić information content (AvgIpc) is 3.50. The first kappa shape index (κ1) is 23.9. The lowest BCUT2D eigenvalue weighted by Crippen LogP contribution is -2.15. The highest BCUT2D eigenvalue weighted by molar-refractivity contribution is 7.12. The number of esters is 1. The second kappa shape index (κ2) is 9.83. The molecule has 3 aromatic heterocycles. The number of hydrogen-bond donors (Lipinski definition) is 0. The second-order valence-corrected chi connectivity index (χ2v) is 7.26. The van der Waals surface area contributed by atoms with Crippen LogP contribution < -0.4 is 0 Å². The van der Waals surface area contributed by atoms with Crippen molar-refractivity contribution in [3.05, 3.63) is 52.5 Å². The van der Waals surface area contributed by atoms with E-state index >= 15 is 0 Å². The molecule has 3 heterocycles. The summed E-state index contributed by atoms with van der Waals surface area (Å²) in [5.74, 6) is 1.09. The SMILES string of the molecule is C#CC/C=C(\C=C/CF)c1csc(-n2ncc(-c3onc(C)c3C(=O)OC)c2C(F)(F)F)n1. The predicted octanol–water partition coefficient (Wildman–Crippen LogP) is 5.03. The Morgan fingerprint density at radius 2 is 2.18 bits per heavy atom. The van der Waals surface area contributed by atoms with Gasteiger partial charge in [0.05, 0.1) is 30.3 Å². The molecular formula is C21H16F4N4O3S. The van der Waals surface area contributed by atoms with Crippen molar-refractivity contribution in [2.75, 3.05) is 13.8 Å². The van der Waals surface area contributed by atoms with Crippen LogP contribution in [0, 0.1) is 19.3 Å². The number of aryl methyl sites for hydroxylation is 1. The Labute approximate surface area is 189 Å². The number of allylic oxidation sites excluding steroid dienone is 4. The number of terminal acetylenes is 1. The Bertz CT molecular complexity index is 1260. The van der Waals surface area contributed by atoms with Gasteiger partial charge in [0.2, 0.25) is 5.13 Å². The van der Waals surface area contributed by atoms with Gasteiger partial charge in [-0.25, -0.2) is 18.9 Å². The lowest BCUT2D eigenvalue weighted by molar-refractivity contribution is -0.142.